The molecule has 3 aliphatic heterocycles. The summed E-state index contributed by atoms with van der Waals surface area (Å²) < 4.78 is 19.6. The van der Waals surface area contributed by atoms with Gasteiger partial charge in [-0.3, -0.25) is 19.7 Å². The summed E-state index contributed by atoms with van der Waals surface area (Å²) in [6, 6.07) is 5.95. The molecular weight excluding hydrogens is 563 g/mol. The highest BCUT2D eigenvalue weighted by Crippen LogP contribution is 2.57. The molecule has 4 aliphatic rings. The summed E-state index contributed by atoms with van der Waals surface area (Å²) in [5, 5.41) is 11.1. The van der Waals surface area contributed by atoms with Crippen molar-refractivity contribution in [3.05, 3.63) is 52.8 Å². The number of pyridine rings is 2. The van der Waals surface area contributed by atoms with E-state index in [1.54, 1.807) is 0 Å². The molecule has 11 nitrogen and oxygen atoms in total. The van der Waals surface area contributed by atoms with Crippen molar-refractivity contribution in [2.24, 2.45) is 17.6 Å². The van der Waals surface area contributed by atoms with Gasteiger partial charge in [0.1, 0.15) is 5.69 Å². The topological polar surface area (TPSA) is 142 Å². The van der Waals surface area contributed by atoms with Crippen molar-refractivity contribution in [1.82, 2.24) is 30.4 Å². The van der Waals surface area contributed by atoms with Gasteiger partial charge in [-0.25, -0.2) is 9.37 Å². The number of halogens is 2. The van der Waals surface area contributed by atoms with Crippen LogP contribution in [0.3, 0.4) is 0 Å². The molecule has 4 fully saturated rings. The number of primary amides is 1. The number of carbonyl (C=O) groups excluding carboxylic acids is 2. The van der Waals surface area contributed by atoms with Gasteiger partial charge in [-0.2, -0.15) is 5.10 Å². The minimum Gasteiger partial charge on any atom is -0.481 e. The van der Waals surface area contributed by atoms with E-state index in [-0.39, 0.29) is 46.5 Å². The first-order chi connectivity index (χ1) is 20.3. The second-order valence-electron chi connectivity index (χ2n) is 11.9. The lowest BCUT2D eigenvalue weighted by Gasteiger charge is -2.40. The fourth-order valence-electron chi connectivity index (χ4n) is 7.22. The number of hydrogen-bond acceptors (Lipinski definition) is 8. The maximum atomic E-state index is 14.5. The molecule has 2 amide bonds. The number of fused-ring (bicyclic) bond motifs is 2. The van der Waals surface area contributed by atoms with E-state index in [1.165, 1.54) is 19.2 Å². The third kappa shape index (κ3) is 4.57. The van der Waals surface area contributed by atoms with Crippen LogP contribution >= 0.6 is 11.6 Å². The van der Waals surface area contributed by atoms with Gasteiger partial charge in [0.25, 0.3) is 5.91 Å². The Balaban J connectivity index is 1.11. The third-order valence-electron chi connectivity index (χ3n) is 9.54. The Kier molecular flexibility index (Phi) is 6.58. The van der Waals surface area contributed by atoms with Gasteiger partial charge in [0.15, 0.2) is 5.82 Å². The molecule has 3 saturated heterocycles. The number of rotatable bonds is 7. The second kappa shape index (κ2) is 10.2. The second-order valence-corrected chi connectivity index (χ2v) is 12.3. The Morgan fingerprint density at radius 2 is 2.10 bits per heavy atom. The number of aromatic nitrogens is 4. The van der Waals surface area contributed by atoms with Crippen LogP contribution in [-0.2, 0) is 11.2 Å². The summed E-state index contributed by atoms with van der Waals surface area (Å²) >= 11 is 6.76. The summed E-state index contributed by atoms with van der Waals surface area (Å²) in [6.45, 7) is 2.30. The van der Waals surface area contributed by atoms with Gasteiger partial charge in [0.2, 0.25) is 11.8 Å². The SMILES string of the molecule is COc1cc(-c2cc(C(=O)N3CCC(C(N)=O)CC34CC4Cc3ncc(N4C[C@@H]5C[C@H]4CN5)cc3Cl)[nH]n2)c(F)cn1. The van der Waals surface area contributed by atoms with Crippen molar-refractivity contribution in [1.29, 1.82) is 0 Å². The zero-order chi connectivity index (χ0) is 29.2. The smallest absolute Gasteiger partial charge is 0.272 e. The van der Waals surface area contributed by atoms with E-state index in [9.17, 15) is 14.0 Å². The largest absolute Gasteiger partial charge is 0.481 e. The van der Waals surface area contributed by atoms with Crippen molar-refractivity contribution in [3.8, 4) is 17.1 Å². The fraction of sp³-hybridized carbons (Fsp3) is 0.483. The average Bonchev–Trinajstić information content (AvgIpc) is 3.45. The number of piperazine rings is 1. The van der Waals surface area contributed by atoms with Gasteiger partial charge in [-0.1, -0.05) is 11.6 Å². The highest BCUT2D eigenvalue weighted by molar-refractivity contribution is 6.31. The number of piperidine rings is 1. The first-order valence-electron chi connectivity index (χ1n) is 14.3. The van der Waals surface area contributed by atoms with Crippen LogP contribution in [0.2, 0.25) is 5.02 Å². The van der Waals surface area contributed by atoms with E-state index in [2.05, 4.69) is 25.4 Å². The molecule has 1 spiro atoms. The van der Waals surface area contributed by atoms with Gasteiger partial charge in [-0.05, 0) is 50.2 Å². The van der Waals surface area contributed by atoms with E-state index in [4.69, 9.17) is 27.1 Å². The number of nitrogens with two attached hydrogens (primary N) is 1. The van der Waals surface area contributed by atoms with Crippen molar-refractivity contribution >= 4 is 29.1 Å². The number of hydrogen-bond donors (Lipinski definition) is 3. The molecule has 220 valence electrons. The van der Waals surface area contributed by atoms with Crippen LogP contribution in [0.1, 0.15) is 41.9 Å². The molecule has 13 heteroatoms. The van der Waals surface area contributed by atoms with Crippen molar-refractivity contribution in [2.75, 3.05) is 31.6 Å². The fourth-order valence-corrected chi connectivity index (χ4v) is 7.46. The molecule has 5 atom stereocenters. The summed E-state index contributed by atoms with van der Waals surface area (Å²) in [7, 11) is 1.44. The predicted octanol–water partition coefficient (Wildman–Crippen LogP) is 2.56. The zero-order valence-electron chi connectivity index (χ0n) is 23.1. The molecule has 1 saturated carbocycles. The first-order valence-corrected chi connectivity index (χ1v) is 14.6. The molecule has 0 radical (unpaired) electrons. The van der Waals surface area contributed by atoms with Gasteiger partial charge in [0, 0.05) is 54.8 Å². The molecule has 4 N–H and O–H groups in total. The minimum atomic E-state index is -0.577. The number of amides is 2. The number of likely N-dealkylation sites (tertiary alicyclic amines) is 1. The zero-order valence-corrected chi connectivity index (χ0v) is 23.9. The first kappa shape index (κ1) is 27.1. The van der Waals surface area contributed by atoms with Gasteiger partial charge >= 0.3 is 0 Å². The van der Waals surface area contributed by atoms with Gasteiger partial charge in [0.05, 0.1) is 41.6 Å². The Hall–Kier alpha value is -3.77. The van der Waals surface area contributed by atoms with E-state index >= 15 is 0 Å². The normalized spacial score (nSPS) is 28.0. The molecule has 42 heavy (non-hydrogen) atoms. The Morgan fingerprint density at radius 1 is 1.24 bits per heavy atom. The van der Waals surface area contributed by atoms with E-state index in [0.29, 0.717) is 49.3 Å². The van der Waals surface area contributed by atoms with Crippen LogP contribution < -0.4 is 20.7 Å². The van der Waals surface area contributed by atoms with Crippen molar-refractivity contribution in [2.45, 2.75) is 49.7 Å². The quantitative estimate of drug-likeness (QED) is 0.379. The molecule has 2 bridgehead atoms. The van der Waals surface area contributed by atoms with Crippen molar-refractivity contribution < 1.29 is 18.7 Å². The number of nitrogens with one attached hydrogen (secondary N) is 2. The summed E-state index contributed by atoms with van der Waals surface area (Å²) in [6.07, 6.45) is 6.34. The van der Waals surface area contributed by atoms with Gasteiger partial charge in [-0.15, -0.1) is 0 Å². The number of aromatic amines is 1. The van der Waals surface area contributed by atoms with Crippen LogP contribution in [0.5, 0.6) is 5.88 Å². The lowest BCUT2D eigenvalue weighted by Crippen LogP contribution is -2.51. The number of ether oxygens (including phenoxy) is 1. The van der Waals surface area contributed by atoms with Crippen LogP contribution in [0.4, 0.5) is 10.1 Å². The summed E-state index contributed by atoms with van der Waals surface area (Å²) in [4.78, 5) is 38.9. The highest BCUT2D eigenvalue weighted by Gasteiger charge is 2.62. The lowest BCUT2D eigenvalue weighted by atomic mass is 9.86. The maximum Gasteiger partial charge on any atom is 0.272 e. The minimum absolute atomic E-state index is 0.0655. The van der Waals surface area contributed by atoms with Gasteiger partial charge < -0.3 is 25.6 Å². The molecule has 3 aromatic rings. The lowest BCUT2D eigenvalue weighted by molar-refractivity contribution is -0.124. The predicted molar refractivity (Wildman–Crippen MR) is 153 cm³/mol. The van der Waals surface area contributed by atoms with Crippen LogP contribution in [0, 0.1) is 17.7 Å². The van der Waals surface area contributed by atoms with E-state index < -0.39 is 11.4 Å². The monoisotopic (exact) mass is 594 g/mol. The Bertz CT molecular complexity index is 1570. The molecule has 7 rings (SSSR count). The Morgan fingerprint density at radius 3 is 2.81 bits per heavy atom. The number of H-pyrrole nitrogens is 1. The maximum absolute atomic E-state index is 14.5. The summed E-state index contributed by atoms with van der Waals surface area (Å²) in [5.41, 5.74) is 7.67. The standard InChI is InChI=1S/C29H32ClFN8O3/c1-42-26-7-20(22(31)13-35-26)23-8-25(37-36-23)28(41)39-3-2-15(27(32)40)9-29(39)10-16(29)4-24-21(30)6-19(12-34-24)38-14-17-5-18(38)11-33-17/h6-8,12-13,15-18,33H,2-5,9-11,14H2,1H3,(H2,32,40)(H,36,37)/t15?,16?,17-,18-,29?/m0/s1. The number of methoxy groups -OCH3 is 1. The molecule has 1 aliphatic carbocycles. The molecule has 3 aromatic heterocycles. The summed E-state index contributed by atoms with van der Waals surface area (Å²) in [5.74, 6) is -1.21. The number of anilines is 1. The van der Waals surface area contributed by atoms with E-state index in [0.717, 1.165) is 37.1 Å². The highest BCUT2D eigenvalue weighted by atomic mass is 35.5. The van der Waals surface area contributed by atoms with E-state index in [1.807, 2.05) is 17.2 Å². The molecule has 6 heterocycles. The third-order valence-corrected chi connectivity index (χ3v) is 9.87. The molecule has 3 unspecified atom stereocenters. The van der Waals surface area contributed by atoms with Crippen LogP contribution in [0.15, 0.2) is 30.6 Å². The number of nitrogens with zero attached hydrogens (tertiary/aromatic N) is 5. The van der Waals surface area contributed by atoms with Crippen LogP contribution in [-0.4, -0.2) is 81.2 Å². The average molecular weight is 595 g/mol. The molecule has 0 aromatic carbocycles. The molecular formula is C29H32ClFN8O3. The Labute approximate surface area is 247 Å². The van der Waals surface area contributed by atoms with Crippen LogP contribution in [0.25, 0.3) is 11.3 Å². The van der Waals surface area contributed by atoms with Crippen molar-refractivity contribution in [3.63, 3.8) is 0 Å². The number of carbonyl (C=O) groups is 2.